The Labute approximate surface area is 106 Å². The van der Waals surface area contributed by atoms with E-state index in [9.17, 15) is 4.79 Å². The van der Waals surface area contributed by atoms with Crippen LogP contribution >= 0.6 is 0 Å². The van der Waals surface area contributed by atoms with Crippen LogP contribution in [0.4, 0.5) is 0 Å². The first-order valence-electron chi connectivity index (χ1n) is 6.68. The molecule has 0 radical (unpaired) electrons. The fourth-order valence-corrected chi connectivity index (χ4v) is 2.46. The smallest absolute Gasteiger partial charge is 0.273 e. The molecule has 5 nitrogen and oxygen atoms in total. The maximum absolute atomic E-state index is 12.0. The number of amides is 1. The average Bonchev–Trinajstić information content (AvgIpc) is 2.97. The second-order valence-electron chi connectivity index (χ2n) is 5.07. The first kappa shape index (κ1) is 11.7. The number of carbonyl (C=O) groups excluding carboxylic acids is 1. The lowest BCUT2D eigenvalue weighted by Gasteiger charge is -2.25. The number of nitrogens with one attached hydrogen (secondary N) is 1. The van der Waals surface area contributed by atoms with Gasteiger partial charge in [-0.05, 0) is 31.6 Å². The van der Waals surface area contributed by atoms with Gasteiger partial charge in [0.2, 0.25) is 0 Å². The fraction of sp³-hybridized carbons (Fsp3) is 0.692. The molecular formula is C13H18N2O3. The Morgan fingerprint density at radius 2 is 2.28 bits per heavy atom. The number of nitrogens with zero attached hydrogens (tertiary/aromatic N) is 1. The highest BCUT2D eigenvalue weighted by Crippen LogP contribution is 2.30. The van der Waals surface area contributed by atoms with E-state index in [-0.39, 0.29) is 12.0 Å². The van der Waals surface area contributed by atoms with Crippen molar-refractivity contribution in [2.75, 3.05) is 13.2 Å². The Hall–Kier alpha value is -1.36. The van der Waals surface area contributed by atoms with E-state index in [1.54, 1.807) is 0 Å². The summed E-state index contributed by atoms with van der Waals surface area (Å²) >= 11 is 0. The van der Waals surface area contributed by atoms with Gasteiger partial charge in [0.25, 0.3) is 5.91 Å². The van der Waals surface area contributed by atoms with Gasteiger partial charge in [-0.25, -0.2) is 4.98 Å². The molecule has 98 valence electrons. The standard InChI is InChI=1S/C13H18N2O3/c16-13(14-7-9-3-1-4-9)11-12(18-8-15-11)10-5-2-6-17-10/h8-10H,1-7H2,(H,14,16)/t10-/m1/s1. The molecule has 0 bridgehead atoms. The molecule has 5 heteroatoms. The van der Waals surface area contributed by atoms with Gasteiger partial charge in [-0.1, -0.05) is 6.42 Å². The summed E-state index contributed by atoms with van der Waals surface area (Å²) in [4.78, 5) is 16.1. The predicted octanol–water partition coefficient (Wildman–Crippen LogP) is 2.06. The summed E-state index contributed by atoms with van der Waals surface area (Å²) in [6.07, 6.45) is 6.86. The van der Waals surface area contributed by atoms with Gasteiger partial charge >= 0.3 is 0 Å². The number of aromatic nitrogens is 1. The first-order valence-corrected chi connectivity index (χ1v) is 6.68. The quantitative estimate of drug-likeness (QED) is 0.888. The molecule has 0 spiro atoms. The van der Waals surface area contributed by atoms with Gasteiger partial charge in [0.1, 0.15) is 6.10 Å². The van der Waals surface area contributed by atoms with E-state index in [0.717, 1.165) is 26.0 Å². The zero-order chi connectivity index (χ0) is 12.4. The van der Waals surface area contributed by atoms with Crippen LogP contribution in [0, 0.1) is 5.92 Å². The van der Waals surface area contributed by atoms with Crippen LogP contribution in [0.5, 0.6) is 0 Å². The molecule has 1 aromatic heterocycles. The van der Waals surface area contributed by atoms with Gasteiger partial charge in [-0.2, -0.15) is 0 Å². The molecule has 1 saturated carbocycles. The Morgan fingerprint density at radius 1 is 1.39 bits per heavy atom. The van der Waals surface area contributed by atoms with Crippen LogP contribution in [0.15, 0.2) is 10.8 Å². The number of ether oxygens (including phenoxy) is 1. The van der Waals surface area contributed by atoms with Crippen LogP contribution in [0.1, 0.15) is 54.5 Å². The summed E-state index contributed by atoms with van der Waals surface area (Å²) in [5.74, 6) is 1.09. The molecule has 0 aromatic carbocycles. The van der Waals surface area contributed by atoms with Crippen molar-refractivity contribution in [3.8, 4) is 0 Å². The molecule has 1 aliphatic carbocycles. The van der Waals surface area contributed by atoms with Gasteiger partial charge in [0, 0.05) is 13.2 Å². The van der Waals surface area contributed by atoms with Gasteiger partial charge in [0.15, 0.2) is 17.8 Å². The minimum atomic E-state index is -0.138. The highest BCUT2D eigenvalue weighted by molar-refractivity contribution is 5.93. The molecule has 2 heterocycles. The van der Waals surface area contributed by atoms with E-state index in [1.807, 2.05) is 0 Å². The molecule has 2 fully saturated rings. The highest BCUT2D eigenvalue weighted by atomic mass is 16.5. The highest BCUT2D eigenvalue weighted by Gasteiger charge is 2.28. The van der Waals surface area contributed by atoms with Gasteiger partial charge in [0.05, 0.1) is 0 Å². The average molecular weight is 250 g/mol. The van der Waals surface area contributed by atoms with Gasteiger partial charge in [-0.15, -0.1) is 0 Å². The van der Waals surface area contributed by atoms with E-state index < -0.39 is 0 Å². The third-order valence-electron chi connectivity index (χ3n) is 3.81. The molecule has 1 N–H and O–H groups in total. The summed E-state index contributed by atoms with van der Waals surface area (Å²) in [6.45, 7) is 1.48. The largest absolute Gasteiger partial charge is 0.445 e. The maximum atomic E-state index is 12.0. The molecule has 1 atom stereocenters. The Balaban J connectivity index is 1.63. The minimum absolute atomic E-state index is 0.100. The van der Waals surface area contributed by atoms with Crippen LogP contribution in [0.2, 0.25) is 0 Å². The van der Waals surface area contributed by atoms with E-state index in [1.165, 1.54) is 25.7 Å². The lowest BCUT2D eigenvalue weighted by Crippen LogP contribution is -2.32. The van der Waals surface area contributed by atoms with Crippen molar-refractivity contribution in [3.63, 3.8) is 0 Å². The van der Waals surface area contributed by atoms with Crippen molar-refractivity contribution in [1.29, 1.82) is 0 Å². The third kappa shape index (κ3) is 2.27. The van der Waals surface area contributed by atoms with Crippen molar-refractivity contribution in [2.24, 2.45) is 5.92 Å². The molecule has 1 amide bonds. The fourth-order valence-electron chi connectivity index (χ4n) is 2.46. The number of hydrogen-bond acceptors (Lipinski definition) is 4. The summed E-state index contributed by atoms with van der Waals surface area (Å²) in [7, 11) is 0. The van der Waals surface area contributed by atoms with Crippen LogP contribution in [0.25, 0.3) is 0 Å². The van der Waals surface area contributed by atoms with E-state index >= 15 is 0 Å². The van der Waals surface area contributed by atoms with E-state index in [0.29, 0.717) is 17.4 Å². The third-order valence-corrected chi connectivity index (χ3v) is 3.81. The number of rotatable bonds is 4. The van der Waals surface area contributed by atoms with Crippen molar-refractivity contribution >= 4 is 5.91 Å². The van der Waals surface area contributed by atoms with Crippen LogP contribution in [0.3, 0.4) is 0 Å². The molecular weight excluding hydrogens is 232 g/mol. The number of carbonyl (C=O) groups is 1. The molecule has 1 aliphatic heterocycles. The summed E-state index contributed by atoms with van der Waals surface area (Å²) < 4.78 is 10.9. The second kappa shape index (κ2) is 5.10. The monoisotopic (exact) mass is 250 g/mol. The van der Waals surface area contributed by atoms with Gasteiger partial charge < -0.3 is 14.5 Å². The lowest BCUT2D eigenvalue weighted by molar-refractivity contribution is 0.0854. The van der Waals surface area contributed by atoms with Gasteiger partial charge in [-0.3, -0.25) is 4.79 Å². The van der Waals surface area contributed by atoms with E-state index in [2.05, 4.69) is 10.3 Å². The van der Waals surface area contributed by atoms with Crippen LogP contribution in [-0.4, -0.2) is 24.0 Å². The lowest BCUT2D eigenvalue weighted by atomic mass is 9.85. The normalized spacial score (nSPS) is 23.9. The molecule has 3 rings (SSSR count). The minimum Gasteiger partial charge on any atom is -0.445 e. The van der Waals surface area contributed by atoms with Crippen molar-refractivity contribution in [3.05, 3.63) is 17.8 Å². The maximum Gasteiger partial charge on any atom is 0.273 e. The Bertz CT molecular complexity index is 420. The topological polar surface area (TPSA) is 64.4 Å². The summed E-state index contributed by atoms with van der Waals surface area (Å²) in [5, 5.41) is 2.93. The number of oxazole rings is 1. The zero-order valence-electron chi connectivity index (χ0n) is 10.4. The first-order chi connectivity index (χ1) is 8.84. The van der Waals surface area contributed by atoms with Crippen LogP contribution < -0.4 is 5.32 Å². The van der Waals surface area contributed by atoms with Crippen molar-refractivity contribution < 1.29 is 13.9 Å². The number of hydrogen-bond donors (Lipinski definition) is 1. The molecule has 1 saturated heterocycles. The molecule has 1 aromatic rings. The summed E-state index contributed by atoms with van der Waals surface area (Å²) in [5.41, 5.74) is 0.390. The molecule has 18 heavy (non-hydrogen) atoms. The van der Waals surface area contributed by atoms with Crippen molar-refractivity contribution in [2.45, 2.75) is 38.2 Å². The zero-order valence-corrected chi connectivity index (χ0v) is 10.4. The Kier molecular flexibility index (Phi) is 3.32. The van der Waals surface area contributed by atoms with Crippen LogP contribution in [-0.2, 0) is 4.74 Å². The Morgan fingerprint density at radius 3 is 2.94 bits per heavy atom. The second-order valence-corrected chi connectivity index (χ2v) is 5.07. The molecule has 0 unspecified atom stereocenters. The van der Waals surface area contributed by atoms with E-state index in [4.69, 9.17) is 9.15 Å². The predicted molar refractivity (Wildman–Crippen MR) is 64.1 cm³/mol. The van der Waals surface area contributed by atoms with Crippen molar-refractivity contribution in [1.82, 2.24) is 10.3 Å². The SMILES string of the molecule is O=C(NCC1CCC1)c1ncoc1[C@H]1CCCO1. The molecule has 2 aliphatic rings. The summed E-state index contributed by atoms with van der Waals surface area (Å²) in [6, 6.07) is 0.